The van der Waals surface area contributed by atoms with Crippen LogP contribution in [0.15, 0.2) is 53.4 Å². The molecule has 0 saturated carbocycles. The Kier molecular flexibility index (Phi) is 5.38. The first-order chi connectivity index (χ1) is 13.1. The zero-order valence-corrected chi connectivity index (χ0v) is 15.1. The highest BCUT2D eigenvalue weighted by atomic mass is 32.2. The molecule has 0 atom stereocenters. The second kappa shape index (κ2) is 7.60. The van der Waals surface area contributed by atoms with Crippen LogP contribution >= 0.6 is 0 Å². The average Bonchev–Trinajstić information content (AvgIpc) is 3.07. The molecule has 0 bridgehead atoms. The van der Waals surface area contributed by atoms with Gasteiger partial charge in [-0.05, 0) is 30.3 Å². The molecule has 1 heterocycles. The summed E-state index contributed by atoms with van der Waals surface area (Å²) in [4.78, 5) is 18.6. The van der Waals surface area contributed by atoms with E-state index in [-0.39, 0.29) is 6.54 Å². The Bertz CT molecular complexity index is 1080. The van der Waals surface area contributed by atoms with Crippen LogP contribution in [-0.4, -0.2) is 30.8 Å². The number of carbonyl (C=O) groups is 1. The Balaban J connectivity index is 1.59. The number of carbonyl (C=O) groups excluding carboxylic acids is 1. The van der Waals surface area contributed by atoms with Gasteiger partial charge in [0.05, 0.1) is 34.6 Å². The van der Waals surface area contributed by atoms with Gasteiger partial charge in [0.25, 0.3) is 0 Å². The number of hydrogen-bond donors (Lipinski definition) is 3. The maximum atomic E-state index is 12.7. The van der Waals surface area contributed by atoms with E-state index in [1.165, 1.54) is 0 Å². The van der Waals surface area contributed by atoms with Crippen molar-refractivity contribution in [2.24, 2.45) is 0 Å². The van der Waals surface area contributed by atoms with Gasteiger partial charge in [-0.2, -0.15) is 13.2 Å². The molecule has 7 nitrogen and oxygen atoms in total. The minimum absolute atomic E-state index is 0.0405. The normalized spacial score (nSPS) is 12.2. The minimum atomic E-state index is -4.67. The second-order valence-electron chi connectivity index (χ2n) is 5.83. The predicted octanol–water partition coefficient (Wildman–Crippen LogP) is 2.18. The molecule has 3 aromatic rings. The molecule has 0 radical (unpaired) electrons. The molecule has 148 valence electrons. The molecular formula is C17H15F3N4O3S. The van der Waals surface area contributed by atoms with E-state index >= 15 is 0 Å². The number of nitrogens with zero attached hydrogens (tertiary/aromatic N) is 1. The lowest BCUT2D eigenvalue weighted by atomic mass is 10.2. The monoisotopic (exact) mass is 412 g/mol. The number of H-pyrrole nitrogens is 1. The summed E-state index contributed by atoms with van der Waals surface area (Å²) in [6.07, 6.45) is -4.67. The summed E-state index contributed by atoms with van der Waals surface area (Å²) in [5, 5.41) is 2.48. The fraction of sp³-hybridized carbons (Fsp3) is 0.176. The summed E-state index contributed by atoms with van der Waals surface area (Å²) in [5.41, 5.74) is 0.415. The number of imidazole rings is 1. The van der Waals surface area contributed by atoms with Crippen molar-refractivity contribution in [2.75, 3.05) is 6.54 Å². The summed E-state index contributed by atoms with van der Waals surface area (Å²) in [6, 6.07) is 10.5. The highest BCUT2D eigenvalue weighted by Gasteiger charge is 2.31. The van der Waals surface area contributed by atoms with Crippen molar-refractivity contribution in [1.82, 2.24) is 20.0 Å². The van der Waals surface area contributed by atoms with E-state index < -0.39 is 39.1 Å². The van der Waals surface area contributed by atoms with Crippen LogP contribution in [0, 0.1) is 0 Å². The highest BCUT2D eigenvalue weighted by molar-refractivity contribution is 7.89. The third-order valence-corrected chi connectivity index (χ3v) is 5.18. The Hall–Kier alpha value is -2.92. The van der Waals surface area contributed by atoms with E-state index in [4.69, 9.17) is 0 Å². The van der Waals surface area contributed by atoms with Gasteiger partial charge in [-0.25, -0.2) is 18.1 Å². The van der Waals surface area contributed by atoms with Crippen molar-refractivity contribution in [1.29, 1.82) is 0 Å². The lowest BCUT2D eigenvalue weighted by Crippen LogP contribution is -2.36. The molecule has 11 heteroatoms. The number of fused-ring (bicyclic) bond motifs is 1. The molecule has 3 N–H and O–H groups in total. The van der Waals surface area contributed by atoms with Gasteiger partial charge < -0.3 is 10.3 Å². The molecule has 0 spiro atoms. The number of sulfonamides is 1. The number of amides is 1. The molecule has 3 rings (SSSR count). The lowest BCUT2D eigenvalue weighted by Gasteiger charge is -2.10. The quantitative estimate of drug-likeness (QED) is 0.577. The third-order valence-electron chi connectivity index (χ3n) is 3.79. The molecule has 28 heavy (non-hydrogen) atoms. The highest BCUT2D eigenvalue weighted by Crippen LogP contribution is 2.30. The summed E-state index contributed by atoms with van der Waals surface area (Å²) in [7, 11) is -4.28. The second-order valence-corrected chi connectivity index (χ2v) is 7.59. The first kappa shape index (κ1) is 19.8. The van der Waals surface area contributed by atoms with Gasteiger partial charge in [0, 0.05) is 0 Å². The van der Waals surface area contributed by atoms with E-state index in [0.717, 1.165) is 29.2 Å². The zero-order chi connectivity index (χ0) is 20.4. The maximum Gasteiger partial charge on any atom is 0.416 e. The van der Waals surface area contributed by atoms with Crippen molar-refractivity contribution >= 4 is 27.0 Å². The summed E-state index contributed by atoms with van der Waals surface area (Å²) in [5.74, 6) is -0.175. The van der Waals surface area contributed by atoms with Crippen LogP contribution in [-0.2, 0) is 27.5 Å². The van der Waals surface area contributed by atoms with E-state index in [1.807, 2.05) is 22.9 Å². The number of aromatic amines is 1. The van der Waals surface area contributed by atoms with Crippen molar-refractivity contribution in [3.8, 4) is 0 Å². The van der Waals surface area contributed by atoms with Crippen molar-refractivity contribution in [3.05, 3.63) is 59.9 Å². The van der Waals surface area contributed by atoms with Crippen LogP contribution < -0.4 is 10.0 Å². The fourth-order valence-corrected chi connectivity index (χ4v) is 3.45. The van der Waals surface area contributed by atoms with Gasteiger partial charge in [0.2, 0.25) is 15.9 Å². The van der Waals surface area contributed by atoms with Gasteiger partial charge in [-0.15, -0.1) is 0 Å². The van der Waals surface area contributed by atoms with Gasteiger partial charge in [0.1, 0.15) is 5.82 Å². The SMILES string of the molecule is O=C(CNS(=O)(=O)c1cccc(C(F)(F)F)c1)NCc1nc2ccccc2[nH]1. The molecule has 0 saturated heterocycles. The Morgan fingerprint density at radius 3 is 2.57 bits per heavy atom. The smallest absolute Gasteiger partial charge is 0.348 e. The van der Waals surface area contributed by atoms with Gasteiger partial charge in [-0.3, -0.25) is 4.79 Å². The van der Waals surface area contributed by atoms with Crippen LogP contribution in [0.25, 0.3) is 11.0 Å². The first-order valence-corrected chi connectivity index (χ1v) is 9.51. The summed E-state index contributed by atoms with van der Waals surface area (Å²) in [6.45, 7) is -0.586. The van der Waals surface area contributed by atoms with Crippen LogP contribution in [0.1, 0.15) is 11.4 Å². The van der Waals surface area contributed by atoms with E-state index in [1.54, 1.807) is 6.07 Å². The molecule has 1 aromatic heterocycles. The average molecular weight is 412 g/mol. The summed E-state index contributed by atoms with van der Waals surface area (Å²) < 4.78 is 64.4. The first-order valence-electron chi connectivity index (χ1n) is 8.02. The number of hydrogen-bond acceptors (Lipinski definition) is 4. The topological polar surface area (TPSA) is 104 Å². The number of halogens is 3. The number of aromatic nitrogens is 2. The Morgan fingerprint density at radius 2 is 1.86 bits per heavy atom. The van der Waals surface area contributed by atoms with Crippen LogP contribution in [0.4, 0.5) is 13.2 Å². The Labute approximate surface area is 158 Å². The van der Waals surface area contributed by atoms with Crippen molar-refractivity contribution in [3.63, 3.8) is 0 Å². The third kappa shape index (κ3) is 4.67. The number of rotatable bonds is 6. The number of nitrogens with one attached hydrogen (secondary N) is 3. The molecule has 0 fully saturated rings. The number of para-hydroxylation sites is 2. The zero-order valence-electron chi connectivity index (χ0n) is 14.2. The molecule has 0 aliphatic carbocycles. The fourth-order valence-electron chi connectivity index (χ4n) is 2.42. The van der Waals surface area contributed by atoms with E-state index in [0.29, 0.717) is 11.9 Å². The number of alkyl halides is 3. The Morgan fingerprint density at radius 1 is 1.11 bits per heavy atom. The van der Waals surface area contributed by atoms with Crippen LogP contribution in [0.2, 0.25) is 0 Å². The van der Waals surface area contributed by atoms with Gasteiger partial charge >= 0.3 is 6.18 Å². The standard InChI is InChI=1S/C17H15F3N4O3S/c18-17(19,20)11-4-3-5-12(8-11)28(26,27)22-10-16(25)21-9-15-23-13-6-1-2-7-14(13)24-15/h1-8,22H,9-10H2,(H,21,25)(H,23,24). The van der Waals surface area contributed by atoms with Crippen LogP contribution in [0.5, 0.6) is 0 Å². The molecule has 0 aliphatic heterocycles. The van der Waals surface area contributed by atoms with Crippen molar-refractivity contribution < 1.29 is 26.4 Å². The molecular weight excluding hydrogens is 397 g/mol. The predicted molar refractivity (Wildman–Crippen MR) is 94.6 cm³/mol. The molecule has 0 unspecified atom stereocenters. The van der Waals surface area contributed by atoms with Gasteiger partial charge in [0.15, 0.2) is 0 Å². The molecule has 2 aromatic carbocycles. The minimum Gasteiger partial charge on any atom is -0.348 e. The largest absolute Gasteiger partial charge is 0.416 e. The van der Waals surface area contributed by atoms with Crippen molar-refractivity contribution in [2.45, 2.75) is 17.6 Å². The van der Waals surface area contributed by atoms with Crippen LogP contribution in [0.3, 0.4) is 0 Å². The maximum absolute atomic E-state index is 12.7. The number of benzene rings is 2. The molecule has 0 aliphatic rings. The van der Waals surface area contributed by atoms with E-state index in [9.17, 15) is 26.4 Å². The van der Waals surface area contributed by atoms with Gasteiger partial charge in [-0.1, -0.05) is 18.2 Å². The summed E-state index contributed by atoms with van der Waals surface area (Å²) >= 11 is 0. The van der Waals surface area contributed by atoms with E-state index in [2.05, 4.69) is 15.3 Å². The molecule has 1 amide bonds. The lowest BCUT2D eigenvalue weighted by molar-refractivity contribution is -0.137.